The highest BCUT2D eigenvalue weighted by Gasteiger charge is 2.09. The molecule has 1 aromatic carbocycles. The average Bonchev–Trinajstić information content (AvgIpc) is 2.30. The molecule has 3 nitrogen and oxygen atoms in total. The van der Waals surface area contributed by atoms with Crippen molar-refractivity contribution in [2.75, 3.05) is 19.0 Å². The monoisotopic (exact) mass is 286 g/mol. The van der Waals surface area contributed by atoms with Crippen LogP contribution < -0.4 is 9.47 Å². The third kappa shape index (κ3) is 3.52. The van der Waals surface area contributed by atoms with Crippen LogP contribution in [0.15, 0.2) is 18.2 Å². The fourth-order valence-electron chi connectivity index (χ4n) is 1.41. The van der Waals surface area contributed by atoms with Gasteiger partial charge in [0.05, 0.1) is 19.0 Å². The van der Waals surface area contributed by atoms with E-state index in [1.807, 2.05) is 25.1 Å². The predicted molar refractivity (Wildman–Crippen MR) is 66.7 cm³/mol. The minimum atomic E-state index is 0.118. The van der Waals surface area contributed by atoms with Crippen LogP contribution in [-0.2, 0) is 11.2 Å². The van der Waals surface area contributed by atoms with E-state index >= 15 is 0 Å². The van der Waals surface area contributed by atoms with E-state index in [-0.39, 0.29) is 5.78 Å². The summed E-state index contributed by atoms with van der Waals surface area (Å²) in [5, 5.41) is 0.356. The number of carbonyl (C=O) groups is 1. The van der Waals surface area contributed by atoms with Gasteiger partial charge in [0.25, 0.3) is 0 Å². The molecule has 0 aliphatic heterocycles. The zero-order valence-electron chi connectivity index (χ0n) is 9.46. The lowest BCUT2D eigenvalue weighted by Crippen LogP contribution is -2.05. The van der Waals surface area contributed by atoms with Gasteiger partial charge < -0.3 is 9.47 Å². The summed E-state index contributed by atoms with van der Waals surface area (Å²) in [6.07, 6.45) is 0.356. The van der Waals surface area contributed by atoms with Crippen LogP contribution in [0.5, 0.6) is 11.5 Å². The quantitative estimate of drug-likeness (QED) is 0.754. The van der Waals surface area contributed by atoms with E-state index in [4.69, 9.17) is 9.47 Å². The number of carbonyl (C=O) groups excluding carboxylic acids is 1. The van der Waals surface area contributed by atoms with Crippen molar-refractivity contribution < 1.29 is 14.3 Å². The molecule has 0 bridgehead atoms. The summed E-state index contributed by atoms with van der Waals surface area (Å²) in [4.78, 5) is 11.4. The van der Waals surface area contributed by atoms with Crippen LogP contribution >= 0.6 is 15.9 Å². The van der Waals surface area contributed by atoms with Crippen molar-refractivity contribution in [1.29, 1.82) is 0 Å². The van der Waals surface area contributed by atoms with Crippen molar-refractivity contribution >= 4 is 21.7 Å². The summed E-state index contributed by atoms with van der Waals surface area (Å²) >= 11 is 3.15. The van der Waals surface area contributed by atoms with Crippen LogP contribution in [0.4, 0.5) is 0 Å². The first-order valence-corrected chi connectivity index (χ1v) is 6.20. The number of ketones is 1. The Kier molecular flexibility index (Phi) is 5.32. The molecule has 0 unspecified atom stereocenters. The largest absolute Gasteiger partial charge is 0.496 e. The Morgan fingerprint density at radius 1 is 1.44 bits per heavy atom. The standard InChI is InChI=1S/C12H15BrO3/c1-3-16-11-4-5-12(15-2)9(7-11)6-10(14)8-13/h4-5,7H,3,6,8H2,1-2H3. The van der Waals surface area contributed by atoms with Gasteiger partial charge in [-0.2, -0.15) is 0 Å². The first kappa shape index (κ1) is 13.0. The molecule has 88 valence electrons. The number of hydrogen-bond acceptors (Lipinski definition) is 3. The maximum Gasteiger partial charge on any atom is 0.147 e. The number of alkyl halides is 1. The maximum atomic E-state index is 11.4. The molecule has 0 heterocycles. The number of halogens is 1. The van der Waals surface area contributed by atoms with Gasteiger partial charge in [0.1, 0.15) is 17.3 Å². The fourth-order valence-corrected chi connectivity index (χ4v) is 1.61. The molecule has 0 aliphatic carbocycles. The molecule has 0 atom stereocenters. The van der Waals surface area contributed by atoms with Gasteiger partial charge in [0, 0.05) is 12.0 Å². The van der Waals surface area contributed by atoms with Crippen LogP contribution in [0.25, 0.3) is 0 Å². The highest BCUT2D eigenvalue weighted by Crippen LogP contribution is 2.24. The Morgan fingerprint density at radius 2 is 2.19 bits per heavy atom. The lowest BCUT2D eigenvalue weighted by molar-refractivity contribution is -0.115. The number of hydrogen-bond donors (Lipinski definition) is 0. The summed E-state index contributed by atoms with van der Waals surface area (Å²) < 4.78 is 10.6. The zero-order valence-corrected chi connectivity index (χ0v) is 11.0. The van der Waals surface area contributed by atoms with Crippen LogP contribution in [0.3, 0.4) is 0 Å². The van der Waals surface area contributed by atoms with Crippen molar-refractivity contribution in [2.24, 2.45) is 0 Å². The molecule has 1 aromatic rings. The lowest BCUT2D eigenvalue weighted by atomic mass is 10.1. The molecular formula is C12H15BrO3. The molecule has 0 fully saturated rings. The van der Waals surface area contributed by atoms with Gasteiger partial charge >= 0.3 is 0 Å². The van der Waals surface area contributed by atoms with Crippen molar-refractivity contribution in [3.63, 3.8) is 0 Å². The molecule has 0 N–H and O–H groups in total. The third-order valence-electron chi connectivity index (χ3n) is 2.10. The molecule has 0 saturated carbocycles. The molecule has 0 aliphatic rings. The molecule has 1 rings (SSSR count). The van der Waals surface area contributed by atoms with Crippen LogP contribution in [0, 0.1) is 0 Å². The van der Waals surface area contributed by atoms with E-state index in [0.717, 1.165) is 17.1 Å². The van der Waals surface area contributed by atoms with Crippen LogP contribution in [0.2, 0.25) is 0 Å². The van der Waals surface area contributed by atoms with Crippen molar-refractivity contribution in [1.82, 2.24) is 0 Å². The molecule has 0 amide bonds. The smallest absolute Gasteiger partial charge is 0.147 e. The molecule has 0 radical (unpaired) electrons. The van der Waals surface area contributed by atoms with E-state index in [2.05, 4.69) is 15.9 Å². The first-order valence-electron chi connectivity index (χ1n) is 5.08. The molecule has 0 saturated heterocycles. The van der Waals surface area contributed by atoms with Gasteiger partial charge in [-0.05, 0) is 25.1 Å². The SMILES string of the molecule is CCOc1ccc(OC)c(CC(=O)CBr)c1. The Bertz CT molecular complexity index is 363. The Morgan fingerprint density at radius 3 is 2.75 bits per heavy atom. The summed E-state index contributed by atoms with van der Waals surface area (Å²) in [6, 6.07) is 5.51. The zero-order chi connectivity index (χ0) is 12.0. The number of methoxy groups -OCH3 is 1. The van der Waals surface area contributed by atoms with Gasteiger partial charge in [-0.3, -0.25) is 4.79 Å². The molecule has 0 spiro atoms. The Labute approximate surface area is 104 Å². The van der Waals surface area contributed by atoms with Crippen LogP contribution in [-0.4, -0.2) is 24.8 Å². The number of rotatable bonds is 6. The van der Waals surface area contributed by atoms with E-state index in [0.29, 0.717) is 18.4 Å². The van der Waals surface area contributed by atoms with E-state index in [9.17, 15) is 4.79 Å². The van der Waals surface area contributed by atoms with Crippen LogP contribution in [0.1, 0.15) is 12.5 Å². The molecule has 0 aromatic heterocycles. The highest BCUT2D eigenvalue weighted by atomic mass is 79.9. The minimum absolute atomic E-state index is 0.118. The topological polar surface area (TPSA) is 35.5 Å². The van der Waals surface area contributed by atoms with Gasteiger partial charge in [0.15, 0.2) is 0 Å². The lowest BCUT2D eigenvalue weighted by Gasteiger charge is -2.10. The second kappa shape index (κ2) is 6.53. The molecule has 4 heteroatoms. The van der Waals surface area contributed by atoms with Gasteiger partial charge in [-0.25, -0.2) is 0 Å². The van der Waals surface area contributed by atoms with Gasteiger partial charge in [-0.15, -0.1) is 0 Å². The number of Topliss-reactive ketones (excluding diaryl/α,β-unsaturated/α-hetero) is 1. The molecular weight excluding hydrogens is 272 g/mol. The van der Waals surface area contributed by atoms with Crippen molar-refractivity contribution in [2.45, 2.75) is 13.3 Å². The van der Waals surface area contributed by atoms with Crippen molar-refractivity contribution in [3.8, 4) is 11.5 Å². The third-order valence-corrected chi connectivity index (χ3v) is 2.72. The first-order chi connectivity index (χ1) is 7.71. The maximum absolute atomic E-state index is 11.4. The Balaban J connectivity index is 2.92. The number of ether oxygens (including phenoxy) is 2. The normalized spacial score (nSPS) is 9.94. The average molecular weight is 287 g/mol. The summed E-state index contributed by atoms with van der Waals surface area (Å²) in [5.41, 5.74) is 0.859. The highest BCUT2D eigenvalue weighted by molar-refractivity contribution is 9.09. The van der Waals surface area contributed by atoms with Crippen molar-refractivity contribution in [3.05, 3.63) is 23.8 Å². The second-order valence-corrected chi connectivity index (χ2v) is 3.82. The second-order valence-electron chi connectivity index (χ2n) is 3.26. The number of benzene rings is 1. The summed E-state index contributed by atoms with van der Waals surface area (Å²) in [5.74, 6) is 1.60. The predicted octanol–water partition coefficient (Wildman–Crippen LogP) is 2.60. The summed E-state index contributed by atoms with van der Waals surface area (Å²) in [6.45, 7) is 2.53. The Hall–Kier alpha value is -1.03. The van der Waals surface area contributed by atoms with Gasteiger partial charge in [0.2, 0.25) is 0 Å². The molecule has 16 heavy (non-hydrogen) atoms. The van der Waals surface area contributed by atoms with E-state index in [1.165, 1.54) is 0 Å². The summed E-state index contributed by atoms with van der Waals surface area (Å²) in [7, 11) is 1.60. The van der Waals surface area contributed by atoms with E-state index < -0.39 is 0 Å². The fraction of sp³-hybridized carbons (Fsp3) is 0.417. The van der Waals surface area contributed by atoms with E-state index in [1.54, 1.807) is 7.11 Å². The minimum Gasteiger partial charge on any atom is -0.496 e. The van der Waals surface area contributed by atoms with Gasteiger partial charge in [-0.1, -0.05) is 15.9 Å².